The molecular weight excluding hydrogens is 268 g/mol. The number of sulfonamides is 1. The van der Waals surface area contributed by atoms with Crippen molar-refractivity contribution in [1.29, 1.82) is 0 Å². The normalized spacial score (nSPS) is 11.2. The Kier molecular flexibility index (Phi) is 6.35. The fraction of sp³-hybridized carbons (Fsp3) is 0.500. The van der Waals surface area contributed by atoms with Gasteiger partial charge in [-0.1, -0.05) is 0 Å². The predicted octanol–water partition coefficient (Wildman–Crippen LogP) is 2.61. The van der Waals surface area contributed by atoms with E-state index in [4.69, 9.17) is 0 Å². The van der Waals surface area contributed by atoms with Crippen LogP contribution in [0.3, 0.4) is 0 Å². The second-order valence-corrected chi connectivity index (χ2v) is 6.81. The summed E-state index contributed by atoms with van der Waals surface area (Å²) in [5.74, 6) is 1.19. The van der Waals surface area contributed by atoms with Crippen LogP contribution in [0.2, 0.25) is 0 Å². The highest BCUT2D eigenvalue weighted by Gasteiger charge is 2.01. The lowest BCUT2D eigenvalue weighted by Crippen LogP contribution is -2.09. The van der Waals surface area contributed by atoms with Gasteiger partial charge in [-0.3, -0.25) is 4.72 Å². The second kappa shape index (κ2) is 7.53. The molecule has 1 rings (SSSR count). The molecule has 102 valence electrons. The molecular formula is C12H20N2O2S2. The van der Waals surface area contributed by atoms with Gasteiger partial charge >= 0.3 is 0 Å². The lowest BCUT2D eigenvalue weighted by molar-refractivity contribution is 0.607. The van der Waals surface area contributed by atoms with Gasteiger partial charge in [0.05, 0.1) is 6.26 Å². The minimum atomic E-state index is -3.19. The molecule has 0 atom stereocenters. The van der Waals surface area contributed by atoms with Gasteiger partial charge in [0, 0.05) is 17.9 Å². The van der Waals surface area contributed by atoms with Crippen LogP contribution in [0, 0.1) is 0 Å². The van der Waals surface area contributed by atoms with E-state index in [9.17, 15) is 8.42 Å². The fourth-order valence-electron chi connectivity index (χ4n) is 1.47. The van der Waals surface area contributed by atoms with Gasteiger partial charge in [0.1, 0.15) is 0 Å². The molecule has 0 spiro atoms. The topological polar surface area (TPSA) is 58.2 Å². The number of hydrogen-bond acceptors (Lipinski definition) is 4. The Bertz CT molecular complexity index is 444. The van der Waals surface area contributed by atoms with E-state index in [1.165, 1.54) is 12.2 Å². The fourth-order valence-corrected chi connectivity index (χ4v) is 2.53. The van der Waals surface area contributed by atoms with Gasteiger partial charge in [0.2, 0.25) is 10.0 Å². The average Bonchev–Trinajstić information content (AvgIpc) is 2.29. The number of thioether (sulfide) groups is 1. The molecule has 0 amide bonds. The second-order valence-electron chi connectivity index (χ2n) is 4.08. The van der Waals surface area contributed by atoms with E-state index in [-0.39, 0.29) is 0 Å². The van der Waals surface area contributed by atoms with Crippen LogP contribution < -0.4 is 10.0 Å². The molecule has 0 aliphatic rings. The predicted molar refractivity (Wildman–Crippen MR) is 81.0 cm³/mol. The molecule has 0 unspecified atom stereocenters. The Balaban J connectivity index is 2.36. The van der Waals surface area contributed by atoms with Gasteiger partial charge in [-0.15, -0.1) is 0 Å². The molecule has 1 aromatic carbocycles. The maximum Gasteiger partial charge on any atom is 0.229 e. The lowest BCUT2D eigenvalue weighted by atomic mass is 10.2. The first-order valence-corrected chi connectivity index (χ1v) is 9.10. The molecule has 0 aliphatic heterocycles. The average molecular weight is 288 g/mol. The molecule has 0 bridgehead atoms. The molecule has 1 aromatic rings. The van der Waals surface area contributed by atoms with E-state index in [1.807, 2.05) is 23.9 Å². The Morgan fingerprint density at radius 3 is 2.28 bits per heavy atom. The van der Waals surface area contributed by atoms with Crippen LogP contribution in [-0.2, 0) is 10.0 Å². The summed E-state index contributed by atoms with van der Waals surface area (Å²) >= 11 is 1.86. The van der Waals surface area contributed by atoms with Crippen LogP contribution in [0.25, 0.3) is 0 Å². The number of benzene rings is 1. The van der Waals surface area contributed by atoms with Gasteiger partial charge in [-0.2, -0.15) is 11.8 Å². The number of nitrogens with one attached hydrogen (secondary N) is 2. The quantitative estimate of drug-likeness (QED) is 0.722. The zero-order chi connectivity index (χ0) is 13.4. The third kappa shape index (κ3) is 6.76. The number of anilines is 2. The van der Waals surface area contributed by atoms with E-state index < -0.39 is 10.0 Å². The number of hydrogen-bond donors (Lipinski definition) is 2. The first-order valence-electron chi connectivity index (χ1n) is 5.82. The maximum absolute atomic E-state index is 11.0. The lowest BCUT2D eigenvalue weighted by Gasteiger charge is -2.08. The molecule has 4 nitrogen and oxygen atoms in total. The highest BCUT2D eigenvalue weighted by atomic mass is 32.2. The van der Waals surface area contributed by atoms with Gasteiger partial charge in [0.15, 0.2) is 0 Å². The van der Waals surface area contributed by atoms with Crippen molar-refractivity contribution in [3.8, 4) is 0 Å². The standard InChI is InChI=1S/C12H20N2O2S2/c1-17-10-4-3-9-13-11-5-7-12(8-6-11)14-18(2,15)16/h5-8,13-14H,3-4,9-10H2,1-2H3. The van der Waals surface area contributed by atoms with Crippen molar-refractivity contribution in [2.45, 2.75) is 12.8 Å². The molecule has 0 radical (unpaired) electrons. The Hall–Kier alpha value is -0.880. The summed E-state index contributed by atoms with van der Waals surface area (Å²) in [5, 5.41) is 3.31. The summed E-state index contributed by atoms with van der Waals surface area (Å²) in [6.45, 7) is 0.944. The van der Waals surface area contributed by atoms with Crippen molar-refractivity contribution in [3.63, 3.8) is 0 Å². The summed E-state index contributed by atoms with van der Waals surface area (Å²) in [5.41, 5.74) is 1.60. The first-order chi connectivity index (χ1) is 8.51. The van der Waals surface area contributed by atoms with E-state index in [2.05, 4.69) is 16.3 Å². The van der Waals surface area contributed by atoms with Crippen LogP contribution in [0.5, 0.6) is 0 Å². The zero-order valence-electron chi connectivity index (χ0n) is 10.8. The molecule has 0 saturated carbocycles. The number of rotatable bonds is 8. The summed E-state index contributed by atoms with van der Waals surface area (Å²) < 4.78 is 24.5. The van der Waals surface area contributed by atoms with Gasteiger partial charge in [-0.25, -0.2) is 8.42 Å². The Labute approximate surface area is 114 Å². The molecule has 0 aromatic heterocycles. The Morgan fingerprint density at radius 2 is 1.72 bits per heavy atom. The van der Waals surface area contributed by atoms with Crippen molar-refractivity contribution in [2.75, 3.05) is 34.8 Å². The summed E-state index contributed by atoms with van der Waals surface area (Å²) in [6.07, 6.45) is 5.61. The summed E-state index contributed by atoms with van der Waals surface area (Å²) in [7, 11) is -3.19. The third-order valence-corrected chi connectivity index (χ3v) is 3.60. The van der Waals surface area contributed by atoms with Crippen LogP contribution in [-0.4, -0.2) is 33.2 Å². The van der Waals surface area contributed by atoms with Crippen molar-refractivity contribution in [3.05, 3.63) is 24.3 Å². The van der Waals surface area contributed by atoms with Crippen molar-refractivity contribution < 1.29 is 8.42 Å². The molecule has 0 aliphatic carbocycles. The van der Waals surface area contributed by atoms with E-state index in [0.717, 1.165) is 24.9 Å². The Morgan fingerprint density at radius 1 is 1.11 bits per heavy atom. The SMILES string of the molecule is CSCCCCNc1ccc(NS(C)(=O)=O)cc1. The first kappa shape index (κ1) is 15.2. The molecule has 0 saturated heterocycles. The summed E-state index contributed by atoms with van der Waals surface area (Å²) in [4.78, 5) is 0. The third-order valence-electron chi connectivity index (χ3n) is 2.29. The molecule has 0 heterocycles. The van der Waals surface area contributed by atoms with Crippen LogP contribution >= 0.6 is 11.8 Å². The summed E-state index contributed by atoms with van der Waals surface area (Å²) in [6, 6.07) is 7.26. The molecule has 6 heteroatoms. The maximum atomic E-state index is 11.0. The minimum Gasteiger partial charge on any atom is -0.385 e. The highest BCUT2D eigenvalue weighted by Crippen LogP contribution is 2.14. The molecule has 2 N–H and O–H groups in total. The number of unbranched alkanes of at least 4 members (excludes halogenated alkanes) is 1. The van der Waals surface area contributed by atoms with E-state index in [0.29, 0.717) is 5.69 Å². The van der Waals surface area contributed by atoms with Crippen LogP contribution in [0.15, 0.2) is 24.3 Å². The van der Waals surface area contributed by atoms with E-state index >= 15 is 0 Å². The van der Waals surface area contributed by atoms with Crippen molar-refractivity contribution >= 4 is 33.2 Å². The van der Waals surface area contributed by atoms with Crippen LogP contribution in [0.1, 0.15) is 12.8 Å². The van der Waals surface area contributed by atoms with E-state index in [1.54, 1.807) is 12.1 Å². The van der Waals surface area contributed by atoms with Gasteiger partial charge < -0.3 is 5.32 Å². The minimum absolute atomic E-state index is 0.588. The highest BCUT2D eigenvalue weighted by molar-refractivity contribution is 7.98. The molecule has 18 heavy (non-hydrogen) atoms. The zero-order valence-corrected chi connectivity index (χ0v) is 12.4. The van der Waals surface area contributed by atoms with Crippen molar-refractivity contribution in [2.24, 2.45) is 0 Å². The van der Waals surface area contributed by atoms with Gasteiger partial charge in [0.25, 0.3) is 0 Å². The van der Waals surface area contributed by atoms with Crippen molar-refractivity contribution in [1.82, 2.24) is 0 Å². The van der Waals surface area contributed by atoms with Gasteiger partial charge in [-0.05, 0) is 49.1 Å². The largest absolute Gasteiger partial charge is 0.385 e. The smallest absolute Gasteiger partial charge is 0.229 e. The van der Waals surface area contributed by atoms with Crippen LogP contribution in [0.4, 0.5) is 11.4 Å². The molecule has 0 fully saturated rings. The monoisotopic (exact) mass is 288 g/mol.